The van der Waals surface area contributed by atoms with Gasteiger partial charge in [-0.3, -0.25) is 9.52 Å². The molecule has 0 aromatic heterocycles. The van der Waals surface area contributed by atoms with Crippen molar-refractivity contribution < 1.29 is 80.3 Å². The smallest absolute Gasteiger partial charge is 0.416 e. The Hall–Kier alpha value is -2.29. The molecule has 4 aliphatic heterocycles. The number of anilines is 1. The van der Waals surface area contributed by atoms with E-state index in [2.05, 4.69) is 14.9 Å². The summed E-state index contributed by atoms with van der Waals surface area (Å²) in [5.74, 6) is -3.37. The molecule has 4 saturated heterocycles. The number of alkyl halides is 3. The van der Waals surface area contributed by atoms with Crippen molar-refractivity contribution >= 4 is 21.9 Å². The van der Waals surface area contributed by atoms with Crippen LogP contribution in [0.4, 0.5) is 18.9 Å². The number of nitrogens with zero attached hydrogens (tertiary/aromatic N) is 2. The van der Waals surface area contributed by atoms with E-state index in [0.29, 0.717) is 25.7 Å². The number of rotatable bonds is 13. The Morgan fingerprint density at radius 1 is 0.895 bits per heavy atom. The highest BCUT2D eigenvalue weighted by Crippen LogP contribution is 2.45. The number of aliphatic hydroxyl groups is 5. The molecule has 7 N–H and O–H groups in total. The van der Waals surface area contributed by atoms with Crippen molar-refractivity contribution in [2.45, 2.75) is 248 Å². The number of methoxy groups -OCH3 is 1. The van der Waals surface area contributed by atoms with Crippen LogP contribution in [0, 0.1) is 17.8 Å². The van der Waals surface area contributed by atoms with Gasteiger partial charge in [-0.2, -0.15) is 25.9 Å². The molecular formula is C54H91F3N4O14S. The Bertz CT molecular complexity index is 2130. The summed E-state index contributed by atoms with van der Waals surface area (Å²) in [5.41, 5.74) is -7.55. The second-order valence-electron chi connectivity index (χ2n) is 23.7. The second-order valence-corrected chi connectivity index (χ2v) is 25.3. The van der Waals surface area contributed by atoms with Crippen molar-refractivity contribution in [3.05, 3.63) is 29.8 Å². The molecule has 1 aliphatic carbocycles. The molecule has 4 heterocycles. The molecule has 0 spiro atoms. The van der Waals surface area contributed by atoms with E-state index in [-0.39, 0.29) is 50.4 Å². The first-order chi connectivity index (χ1) is 35.4. The van der Waals surface area contributed by atoms with Gasteiger partial charge in [0.15, 0.2) is 12.6 Å². The fourth-order valence-electron chi connectivity index (χ4n) is 12.8. The number of piperidine rings is 1. The molecule has 76 heavy (non-hydrogen) atoms. The van der Waals surface area contributed by atoms with Crippen molar-refractivity contribution in [1.29, 1.82) is 0 Å². The highest BCUT2D eigenvalue weighted by Gasteiger charge is 2.59. The molecule has 18 nitrogen and oxygen atoms in total. The molecule has 22 heteroatoms. The topological polar surface area (TPSA) is 238 Å². The molecular weight excluding hydrogens is 1020 g/mol. The predicted octanol–water partition coefficient (Wildman–Crippen LogP) is 5.86. The number of hydrogen-bond donors (Lipinski definition) is 7. The summed E-state index contributed by atoms with van der Waals surface area (Å²) in [6.07, 6.45) is -9.46. The van der Waals surface area contributed by atoms with Crippen molar-refractivity contribution in [2.75, 3.05) is 38.0 Å². The van der Waals surface area contributed by atoms with Crippen LogP contribution in [0.2, 0.25) is 0 Å². The maximum absolute atomic E-state index is 14.7. The Kier molecular flexibility index (Phi) is 20.9. The van der Waals surface area contributed by atoms with Crippen molar-refractivity contribution in [3.63, 3.8) is 0 Å². The number of halogens is 3. The average molecular weight is 1110 g/mol. The highest BCUT2D eigenvalue weighted by molar-refractivity contribution is 7.90. The Labute approximate surface area is 449 Å². The molecule has 1 aromatic rings. The van der Waals surface area contributed by atoms with Gasteiger partial charge in [-0.05, 0) is 143 Å². The van der Waals surface area contributed by atoms with Crippen LogP contribution in [0.25, 0.3) is 0 Å². The van der Waals surface area contributed by atoms with E-state index in [0.717, 1.165) is 63.0 Å². The van der Waals surface area contributed by atoms with E-state index in [1.54, 1.807) is 55.4 Å². The fraction of sp³-hybridized carbons (Fsp3) is 0.870. The van der Waals surface area contributed by atoms with E-state index in [1.165, 1.54) is 18.3 Å². The summed E-state index contributed by atoms with van der Waals surface area (Å²) < 4.78 is 113. The van der Waals surface area contributed by atoms with Crippen molar-refractivity contribution in [2.24, 2.45) is 17.8 Å². The summed E-state index contributed by atoms with van der Waals surface area (Å²) in [4.78, 5) is 16.9. The van der Waals surface area contributed by atoms with Crippen LogP contribution < -0.4 is 10.0 Å². The zero-order valence-electron chi connectivity index (χ0n) is 46.6. The number of hydrogen-bond acceptors (Lipinski definition) is 16. The molecule has 0 unspecified atom stereocenters. The van der Waals surface area contributed by atoms with Gasteiger partial charge in [0.25, 0.3) is 0 Å². The van der Waals surface area contributed by atoms with Crippen LogP contribution in [0.15, 0.2) is 24.3 Å². The first-order valence-electron chi connectivity index (χ1n) is 27.7. The monoisotopic (exact) mass is 1110 g/mol. The Balaban J connectivity index is 1.40. The number of β-amino-alcohol motifs (C(OH)–C–C–N with tert-alkyl or cyclic N) is 1. The van der Waals surface area contributed by atoms with E-state index in [1.807, 2.05) is 6.92 Å². The largest absolute Gasteiger partial charge is 0.459 e. The lowest BCUT2D eigenvalue weighted by atomic mass is 9.74. The lowest BCUT2D eigenvalue weighted by Crippen LogP contribution is -2.70. The fourth-order valence-corrected chi connectivity index (χ4v) is 14.5. The summed E-state index contributed by atoms with van der Waals surface area (Å²) >= 11 is 0. The van der Waals surface area contributed by atoms with E-state index in [9.17, 15) is 51.9 Å². The van der Waals surface area contributed by atoms with Crippen LogP contribution in [-0.4, -0.2) is 178 Å². The maximum atomic E-state index is 14.7. The van der Waals surface area contributed by atoms with Crippen LogP contribution in [-0.2, 0) is 49.6 Å². The standard InChI is InChI=1S/C54H91F3N4O14S/c1-12-42-52(10,66)46(63)36(6)58-30-32(2)28-50(8,65)47(34(4)45(35(5)48(64)73-42)74-43-29-51(9,70-11)53(67,37(7)72-43)31-60-25-17-14-18-26-60)75-49-44(62)41(27-33(3)71-49)61(40-19-15-13-16-20-40)76(68,69)59-39-23-21-38(22-24-39)54(55,56)57/h21-24,32-37,40-47,49,58-59,62-63,65-67H,12-20,25-31H2,1-11H3/t32-,33-,34+,35-,36-,37+,41+,42-,43+,44-,45+,46-,47-,49+,50-,51-,52-,53+/m1/s1. The zero-order valence-corrected chi connectivity index (χ0v) is 47.4. The quantitative estimate of drug-likeness (QED) is 0.115. The van der Waals surface area contributed by atoms with Crippen LogP contribution in [0.5, 0.6) is 0 Å². The molecule has 18 atom stereocenters. The van der Waals surface area contributed by atoms with Gasteiger partial charge in [0, 0.05) is 43.8 Å². The number of likely N-dealkylation sites (tertiary alicyclic amines) is 1. The van der Waals surface area contributed by atoms with E-state index >= 15 is 0 Å². The maximum Gasteiger partial charge on any atom is 0.416 e. The molecule has 0 amide bonds. The first kappa shape index (κ1) is 62.9. The first-order valence-corrected chi connectivity index (χ1v) is 29.2. The Morgan fingerprint density at radius 2 is 1.51 bits per heavy atom. The number of nitrogens with one attached hydrogen (secondary N) is 2. The average Bonchev–Trinajstić information content (AvgIpc) is 3.35. The summed E-state index contributed by atoms with van der Waals surface area (Å²) in [6.45, 7) is 18.9. The molecule has 6 rings (SSSR count). The third-order valence-electron chi connectivity index (χ3n) is 17.4. The van der Waals surface area contributed by atoms with Gasteiger partial charge in [0.2, 0.25) is 0 Å². The SMILES string of the molecule is CC[C@H]1OC(=O)[C@H](C)[C@@H](O[C@H]2C[C@@](C)(OC)[C@](O)(CN3CCCCC3)[C@H](C)O2)[C@H](C)[C@@H](O[C@@H]2O[C@H](C)C[C@H](N(C3CCCCC3)S(=O)(=O)Nc3ccc(C(F)(F)F)cc3)[C@H]2O)[C@](C)(O)C[C@@H](C)CN[C@H](C)[C@@H](O)[C@]1(C)O. The van der Waals surface area contributed by atoms with E-state index < -0.39 is 136 Å². The van der Waals surface area contributed by atoms with Crippen LogP contribution >= 0.6 is 0 Å². The summed E-state index contributed by atoms with van der Waals surface area (Å²) in [7, 11) is -3.07. The number of carbonyl (C=O) groups is 1. The van der Waals surface area contributed by atoms with Crippen molar-refractivity contribution in [3.8, 4) is 0 Å². The minimum Gasteiger partial charge on any atom is -0.459 e. The summed E-state index contributed by atoms with van der Waals surface area (Å²) in [5, 5.41) is 64.8. The van der Waals surface area contributed by atoms with Gasteiger partial charge in [0.05, 0.1) is 47.5 Å². The van der Waals surface area contributed by atoms with Gasteiger partial charge in [-0.15, -0.1) is 0 Å². The molecule has 1 aromatic carbocycles. The van der Waals surface area contributed by atoms with Gasteiger partial charge >= 0.3 is 22.4 Å². The van der Waals surface area contributed by atoms with Gasteiger partial charge in [-0.1, -0.05) is 46.5 Å². The minimum absolute atomic E-state index is 0.000205. The predicted molar refractivity (Wildman–Crippen MR) is 278 cm³/mol. The number of carbonyl (C=O) groups excluding carboxylic acids is 1. The lowest BCUT2D eigenvalue weighted by molar-refractivity contribution is -0.339. The molecule has 5 fully saturated rings. The second kappa shape index (κ2) is 25.2. The van der Waals surface area contributed by atoms with Crippen molar-refractivity contribution in [1.82, 2.24) is 14.5 Å². The summed E-state index contributed by atoms with van der Waals surface area (Å²) in [6, 6.07) is 1.15. The number of benzene rings is 1. The van der Waals surface area contributed by atoms with Crippen LogP contribution in [0.1, 0.15) is 152 Å². The number of aliphatic hydroxyl groups excluding tert-OH is 2. The number of cyclic esters (lactones) is 1. The zero-order chi connectivity index (χ0) is 56.3. The molecule has 438 valence electrons. The van der Waals surface area contributed by atoms with E-state index in [4.69, 9.17) is 28.4 Å². The third-order valence-corrected chi connectivity index (χ3v) is 19.1. The highest BCUT2D eigenvalue weighted by atomic mass is 32.2. The van der Waals surface area contributed by atoms with Gasteiger partial charge < -0.3 is 64.2 Å². The molecule has 1 saturated carbocycles. The Morgan fingerprint density at radius 3 is 2.11 bits per heavy atom. The lowest BCUT2D eigenvalue weighted by Gasteiger charge is -2.55. The van der Waals surface area contributed by atoms with Gasteiger partial charge in [0.1, 0.15) is 35.1 Å². The third kappa shape index (κ3) is 14.2. The van der Waals surface area contributed by atoms with Crippen LogP contribution in [0.3, 0.4) is 0 Å². The molecule has 0 radical (unpaired) electrons. The minimum atomic E-state index is -4.64. The molecule has 0 bridgehead atoms. The normalized spacial score (nSPS) is 41.7. The number of esters is 1. The molecule has 5 aliphatic rings. The van der Waals surface area contributed by atoms with Gasteiger partial charge in [-0.25, -0.2) is 0 Å². The number of ether oxygens (including phenoxy) is 6.